The fourth-order valence-electron chi connectivity index (χ4n) is 2.41. The number of hydrogen-bond donors (Lipinski definition) is 0. The van der Waals surface area contributed by atoms with E-state index in [2.05, 4.69) is 27.0 Å². The molecular formula is C12H15BrN2. The van der Waals surface area contributed by atoms with Gasteiger partial charge in [-0.05, 0) is 47.7 Å². The molecule has 1 aromatic heterocycles. The first-order chi connectivity index (χ1) is 7.33. The average molecular weight is 267 g/mol. The van der Waals surface area contributed by atoms with Crippen LogP contribution in [0.3, 0.4) is 0 Å². The molecule has 0 bridgehead atoms. The third-order valence-electron chi connectivity index (χ3n) is 3.45. The van der Waals surface area contributed by atoms with E-state index in [1.807, 2.05) is 0 Å². The monoisotopic (exact) mass is 266 g/mol. The maximum atomic E-state index is 4.74. The van der Waals surface area contributed by atoms with Gasteiger partial charge in [0.1, 0.15) is 10.4 Å². The van der Waals surface area contributed by atoms with Crippen LogP contribution in [0.1, 0.15) is 61.9 Å². The smallest absolute Gasteiger partial charge is 0.132 e. The van der Waals surface area contributed by atoms with Crippen molar-refractivity contribution in [1.29, 1.82) is 0 Å². The largest absolute Gasteiger partial charge is 0.237 e. The Morgan fingerprint density at radius 1 is 1.00 bits per heavy atom. The van der Waals surface area contributed by atoms with Crippen molar-refractivity contribution in [3.8, 4) is 0 Å². The van der Waals surface area contributed by atoms with Gasteiger partial charge < -0.3 is 0 Å². The maximum Gasteiger partial charge on any atom is 0.132 e. The molecule has 2 aliphatic rings. The average Bonchev–Trinajstić information content (AvgIpc) is 2.93. The predicted octanol–water partition coefficient (Wildman–Crippen LogP) is 3.77. The first-order valence-corrected chi connectivity index (χ1v) is 6.66. The van der Waals surface area contributed by atoms with Crippen molar-refractivity contribution in [2.75, 3.05) is 0 Å². The second-order valence-electron chi connectivity index (χ2n) is 4.73. The number of rotatable bonds is 2. The van der Waals surface area contributed by atoms with E-state index in [9.17, 15) is 0 Å². The third kappa shape index (κ3) is 2.07. The number of aromatic nitrogens is 2. The zero-order valence-electron chi connectivity index (χ0n) is 8.75. The van der Waals surface area contributed by atoms with Crippen LogP contribution in [0.5, 0.6) is 0 Å². The minimum atomic E-state index is 0.655. The summed E-state index contributed by atoms with van der Waals surface area (Å²) in [4.78, 5) is 9.21. The molecule has 2 saturated carbocycles. The van der Waals surface area contributed by atoms with Gasteiger partial charge in [0.25, 0.3) is 0 Å². The molecular weight excluding hydrogens is 252 g/mol. The molecule has 3 rings (SSSR count). The van der Waals surface area contributed by atoms with Crippen LogP contribution in [0, 0.1) is 0 Å². The molecule has 0 amide bonds. The number of halogens is 1. The minimum absolute atomic E-state index is 0.655. The predicted molar refractivity (Wildman–Crippen MR) is 62.9 cm³/mol. The molecule has 0 atom stereocenters. The van der Waals surface area contributed by atoms with Crippen LogP contribution in [0.15, 0.2) is 10.7 Å². The Kier molecular flexibility index (Phi) is 2.51. The Bertz CT molecular complexity index is 368. The molecule has 15 heavy (non-hydrogen) atoms. The van der Waals surface area contributed by atoms with Gasteiger partial charge in [-0.15, -0.1) is 0 Å². The van der Waals surface area contributed by atoms with Crippen molar-refractivity contribution < 1.29 is 0 Å². The summed E-state index contributed by atoms with van der Waals surface area (Å²) in [7, 11) is 0. The number of nitrogens with zero attached hydrogens (tertiary/aromatic N) is 2. The third-order valence-corrected chi connectivity index (χ3v) is 3.85. The van der Waals surface area contributed by atoms with Gasteiger partial charge >= 0.3 is 0 Å². The zero-order chi connectivity index (χ0) is 10.3. The Hall–Kier alpha value is -0.440. The highest BCUT2D eigenvalue weighted by Crippen LogP contribution is 2.40. The zero-order valence-corrected chi connectivity index (χ0v) is 10.3. The molecule has 0 radical (unpaired) electrons. The summed E-state index contributed by atoms with van der Waals surface area (Å²) in [5.74, 6) is 2.43. The fraction of sp³-hybridized carbons (Fsp3) is 0.667. The van der Waals surface area contributed by atoms with E-state index >= 15 is 0 Å². The Labute approximate surface area is 98.6 Å². The van der Waals surface area contributed by atoms with Crippen molar-refractivity contribution >= 4 is 15.9 Å². The van der Waals surface area contributed by atoms with E-state index in [0.717, 1.165) is 10.4 Å². The maximum absolute atomic E-state index is 4.74. The molecule has 0 spiro atoms. The van der Waals surface area contributed by atoms with Crippen LogP contribution in [0.25, 0.3) is 0 Å². The van der Waals surface area contributed by atoms with Gasteiger partial charge in [0.15, 0.2) is 0 Å². The van der Waals surface area contributed by atoms with Gasteiger partial charge in [-0.2, -0.15) is 0 Å². The minimum Gasteiger partial charge on any atom is -0.237 e. The van der Waals surface area contributed by atoms with Gasteiger partial charge in [-0.1, -0.05) is 12.8 Å². The molecule has 3 heteroatoms. The summed E-state index contributed by atoms with van der Waals surface area (Å²) in [5.41, 5.74) is 1.27. The Morgan fingerprint density at radius 2 is 1.73 bits per heavy atom. The highest BCUT2D eigenvalue weighted by atomic mass is 79.9. The molecule has 0 aliphatic heterocycles. The fourth-order valence-corrected chi connectivity index (χ4v) is 2.82. The van der Waals surface area contributed by atoms with Crippen LogP contribution in [0.2, 0.25) is 0 Å². The summed E-state index contributed by atoms with van der Waals surface area (Å²) in [6.07, 6.45) is 7.92. The highest BCUT2D eigenvalue weighted by Gasteiger charge is 2.28. The molecule has 0 saturated heterocycles. The number of hydrogen-bond acceptors (Lipinski definition) is 2. The summed E-state index contributed by atoms with van der Waals surface area (Å²) >= 11 is 3.51. The van der Waals surface area contributed by atoms with Crippen molar-refractivity contribution in [2.24, 2.45) is 0 Å². The summed E-state index contributed by atoms with van der Waals surface area (Å²) in [6.45, 7) is 0. The second kappa shape index (κ2) is 3.85. The molecule has 2 aliphatic carbocycles. The molecule has 0 N–H and O–H groups in total. The SMILES string of the molecule is Brc1cc(C2CCCC2)nc(C2CC2)n1. The second-order valence-corrected chi connectivity index (χ2v) is 5.54. The van der Waals surface area contributed by atoms with Gasteiger partial charge in [0.2, 0.25) is 0 Å². The molecule has 0 aromatic carbocycles. The Balaban J connectivity index is 1.91. The lowest BCUT2D eigenvalue weighted by Gasteiger charge is -2.10. The van der Waals surface area contributed by atoms with Gasteiger partial charge in [-0.3, -0.25) is 0 Å². The topological polar surface area (TPSA) is 25.8 Å². The van der Waals surface area contributed by atoms with Gasteiger partial charge in [-0.25, -0.2) is 9.97 Å². The summed E-state index contributed by atoms with van der Waals surface area (Å²) in [6, 6.07) is 2.11. The summed E-state index contributed by atoms with van der Waals surface area (Å²) < 4.78 is 0.973. The molecule has 1 heterocycles. The van der Waals surface area contributed by atoms with Crippen molar-refractivity contribution in [3.05, 3.63) is 22.2 Å². The first-order valence-electron chi connectivity index (χ1n) is 5.87. The van der Waals surface area contributed by atoms with Crippen LogP contribution in [-0.4, -0.2) is 9.97 Å². The molecule has 2 nitrogen and oxygen atoms in total. The van der Waals surface area contributed by atoms with Crippen molar-refractivity contribution in [3.63, 3.8) is 0 Å². The van der Waals surface area contributed by atoms with E-state index in [1.165, 1.54) is 44.2 Å². The van der Waals surface area contributed by atoms with Gasteiger partial charge in [0, 0.05) is 17.5 Å². The van der Waals surface area contributed by atoms with Crippen LogP contribution < -0.4 is 0 Å². The Morgan fingerprint density at radius 3 is 2.40 bits per heavy atom. The molecule has 0 unspecified atom stereocenters. The highest BCUT2D eigenvalue weighted by molar-refractivity contribution is 9.10. The van der Waals surface area contributed by atoms with Crippen molar-refractivity contribution in [2.45, 2.75) is 50.4 Å². The standard InChI is InChI=1S/C12H15BrN2/c13-11-7-10(8-3-1-2-4-8)14-12(15-11)9-5-6-9/h7-9H,1-6H2. The molecule has 80 valence electrons. The van der Waals surface area contributed by atoms with E-state index < -0.39 is 0 Å². The van der Waals surface area contributed by atoms with E-state index in [-0.39, 0.29) is 0 Å². The first kappa shape index (κ1) is 9.76. The normalized spacial score (nSPS) is 22.2. The quantitative estimate of drug-likeness (QED) is 0.762. The van der Waals surface area contributed by atoms with E-state index in [1.54, 1.807) is 0 Å². The van der Waals surface area contributed by atoms with Crippen LogP contribution >= 0.6 is 15.9 Å². The molecule has 1 aromatic rings. The van der Waals surface area contributed by atoms with Crippen LogP contribution in [-0.2, 0) is 0 Å². The summed E-state index contributed by atoms with van der Waals surface area (Å²) in [5, 5.41) is 0. The molecule has 2 fully saturated rings. The van der Waals surface area contributed by atoms with Crippen LogP contribution in [0.4, 0.5) is 0 Å². The lowest BCUT2D eigenvalue weighted by atomic mass is 10.0. The van der Waals surface area contributed by atoms with E-state index in [4.69, 9.17) is 4.98 Å². The van der Waals surface area contributed by atoms with Gasteiger partial charge in [0.05, 0.1) is 0 Å². The lowest BCUT2D eigenvalue weighted by molar-refractivity contribution is 0.681. The van der Waals surface area contributed by atoms with E-state index in [0.29, 0.717) is 11.8 Å². The van der Waals surface area contributed by atoms with Crippen molar-refractivity contribution in [1.82, 2.24) is 9.97 Å². The lowest BCUT2D eigenvalue weighted by Crippen LogP contribution is -2.02.